The third-order valence-electron chi connectivity index (χ3n) is 4.03. The lowest BCUT2D eigenvalue weighted by atomic mass is 10.1. The van der Waals surface area contributed by atoms with Gasteiger partial charge in [0.15, 0.2) is 0 Å². The molecule has 0 saturated carbocycles. The average Bonchev–Trinajstić information content (AvgIpc) is 2.76. The Labute approximate surface area is 132 Å². The van der Waals surface area contributed by atoms with Gasteiger partial charge in [-0.2, -0.15) is 0 Å². The molecule has 1 aromatic rings. The monoisotopic (exact) mass is 327 g/mol. The number of likely N-dealkylation sites (N-methyl/N-ethyl adjacent to an activating group) is 1. The maximum absolute atomic E-state index is 11.2. The molecule has 0 radical (unpaired) electrons. The molecule has 1 aliphatic heterocycles. The van der Waals surface area contributed by atoms with Crippen LogP contribution < -0.4 is 15.2 Å². The standard InChI is InChI=1S/C15H25N3O3S/c1-18(13-3-2-9-17-10-8-13)11-12-21-14-4-6-15(7-5-14)22(16,19)20/h4-7,13,17H,2-3,8-12H2,1H3,(H2,16,19,20). The van der Waals surface area contributed by atoms with Crippen LogP contribution in [-0.2, 0) is 10.0 Å². The molecule has 7 heteroatoms. The summed E-state index contributed by atoms with van der Waals surface area (Å²) in [5.41, 5.74) is 0. The van der Waals surface area contributed by atoms with Gasteiger partial charge in [0, 0.05) is 12.6 Å². The maximum Gasteiger partial charge on any atom is 0.238 e. The minimum Gasteiger partial charge on any atom is -0.492 e. The smallest absolute Gasteiger partial charge is 0.238 e. The van der Waals surface area contributed by atoms with Crippen LogP contribution in [0, 0.1) is 0 Å². The van der Waals surface area contributed by atoms with E-state index in [9.17, 15) is 8.42 Å². The minimum atomic E-state index is -3.64. The number of sulfonamides is 1. The van der Waals surface area contributed by atoms with Crippen molar-refractivity contribution >= 4 is 10.0 Å². The number of nitrogens with two attached hydrogens (primary N) is 1. The van der Waals surface area contributed by atoms with E-state index < -0.39 is 10.0 Å². The summed E-state index contributed by atoms with van der Waals surface area (Å²) in [5.74, 6) is 0.656. The molecular formula is C15H25N3O3S. The van der Waals surface area contributed by atoms with Crippen LogP contribution in [-0.4, -0.2) is 52.6 Å². The quantitative estimate of drug-likeness (QED) is 0.807. The molecule has 1 aromatic carbocycles. The molecule has 2 rings (SSSR count). The highest BCUT2D eigenvalue weighted by atomic mass is 32.2. The van der Waals surface area contributed by atoms with Crippen LogP contribution in [0.4, 0.5) is 0 Å². The van der Waals surface area contributed by atoms with Crippen molar-refractivity contribution in [3.8, 4) is 5.75 Å². The first-order valence-corrected chi connectivity index (χ1v) is 9.18. The Morgan fingerprint density at radius 2 is 2.00 bits per heavy atom. The number of rotatable bonds is 6. The second-order valence-corrected chi connectivity index (χ2v) is 7.24. The first-order chi connectivity index (χ1) is 10.5. The molecule has 0 aromatic heterocycles. The number of hydrogen-bond donors (Lipinski definition) is 2. The largest absolute Gasteiger partial charge is 0.492 e. The van der Waals surface area contributed by atoms with Crippen LogP contribution in [0.2, 0.25) is 0 Å². The Morgan fingerprint density at radius 3 is 2.68 bits per heavy atom. The van der Waals surface area contributed by atoms with Crippen LogP contribution in [0.3, 0.4) is 0 Å². The molecule has 1 aliphatic rings. The van der Waals surface area contributed by atoms with Crippen molar-refractivity contribution in [2.24, 2.45) is 5.14 Å². The highest BCUT2D eigenvalue weighted by molar-refractivity contribution is 7.89. The first kappa shape index (κ1) is 17.2. The second-order valence-electron chi connectivity index (χ2n) is 5.68. The highest BCUT2D eigenvalue weighted by Gasteiger charge is 2.16. The molecule has 124 valence electrons. The van der Waals surface area contributed by atoms with E-state index in [2.05, 4.69) is 17.3 Å². The molecule has 1 saturated heterocycles. The zero-order chi connectivity index (χ0) is 16.0. The van der Waals surface area contributed by atoms with Gasteiger partial charge in [-0.15, -0.1) is 0 Å². The molecule has 6 nitrogen and oxygen atoms in total. The van der Waals surface area contributed by atoms with Crippen LogP contribution in [0.1, 0.15) is 19.3 Å². The van der Waals surface area contributed by atoms with Crippen molar-refractivity contribution in [1.29, 1.82) is 0 Å². The fourth-order valence-electron chi connectivity index (χ4n) is 2.66. The van der Waals surface area contributed by atoms with Gasteiger partial charge in [-0.25, -0.2) is 13.6 Å². The topological polar surface area (TPSA) is 84.7 Å². The third kappa shape index (κ3) is 5.24. The van der Waals surface area contributed by atoms with Crippen molar-refractivity contribution in [2.45, 2.75) is 30.2 Å². The Hall–Kier alpha value is -1.15. The number of hydrogen-bond acceptors (Lipinski definition) is 5. The summed E-state index contributed by atoms with van der Waals surface area (Å²) in [4.78, 5) is 2.44. The fraction of sp³-hybridized carbons (Fsp3) is 0.600. The van der Waals surface area contributed by atoms with Gasteiger partial charge in [0.1, 0.15) is 12.4 Å². The number of nitrogens with one attached hydrogen (secondary N) is 1. The second kappa shape index (κ2) is 7.92. The summed E-state index contributed by atoms with van der Waals surface area (Å²) in [6, 6.07) is 6.80. The lowest BCUT2D eigenvalue weighted by Crippen LogP contribution is -2.35. The van der Waals surface area contributed by atoms with Gasteiger partial charge >= 0.3 is 0 Å². The molecule has 0 aliphatic carbocycles. The summed E-state index contributed by atoms with van der Waals surface area (Å²) < 4.78 is 28.0. The van der Waals surface area contributed by atoms with Crippen LogP contribution >= 0.6 is 0 Å². The SMILES string of the molecule is CN(CCOc1ccc(S(N)(=O)=O)cc1)C1CCCNCC1. The summed E-state index contributed by atoms with van der Waals surface area (Å²) in [7, 11) is -1.51. The number of ether oxygens (including phenoxy) is 1. The van der Waals surface area contributed by atoms with E-state index in [0.717, 1.165) is 19.6 Å². The number of benzene rings is 1. The fourth-order valence-corrected chi connectivity index (χ4v) is 3.17. The molecule has 1 fully saturated rings. The van der Waals surface area contributed by atoms with Gasteiger partial charge < -0.3 is 10.1 Å². The van der Waals surface area contributed by atoms with E-state index in [4.69, 9.17) is 9.88 Å². The Kier molecular flexibility index (Phi) is 6.19. The first-order valence-electron chi connectivity index (χ1n) is 7.63. The van der Waals surface area contributed by atoms with E-state index in [1.807, 2.05) is 0 Å². The molecular weight excluding hydrogens is 302 g/mol. The van der Waals surface area contributed by atoms with Crippen LogP contribution in [0.15, 0.2) is 29.2 Å². The van der Waals surface area contributed by atoms with Gasteiger partial charge in [-0.05, 0) is 63.7 Å². The van der Waals surface area contributed by atoms with Crippen molar-refractivity contribution in [2.75, 3.05) is 33.3 Å². The summed E-state index contributed by atoms with van der Waals surface area (Å²) in [6.07, 6.45) is 3.59. The molecule has 1 unspecified atom stereocenters. The van der Waals surface area contributed by atoms with Gasteiger partial charge in [0.2, 0.25) is 10.0 Å². The van der Waals surface area contributed by atoms with Gasteiger partial charge in [-0.1, -0.05) is 0 Å². The predicted octanol–water partition coefficient (Wildman–Crippen LogP) is 0.787. The Bertz CT molecular complexity index is 552. The summed E-state index contributed by atoms with van der Waals surface area (Å²) >= 11 is 0. The van der Waals surface area contributed by atoms with Gasteiger partial charge in [0.05, 0.1) is 4.90 Å². The third-order valence-corrected chi connectivity index (χ3v) is 4.96. The van der Waals surface area contributed by atoms with E-state index in [1.54, 1.807) is 12.1 Å². The lowest BCUT2D eigenvalue weighted by molar-refractivity contribution is 0.180. The maximum atomic E-state index is 11.2. The van der Waals surface area contributed by atoms with E-state index in [-0.39, 0.29) is 4.90 Å². The van der Waals surface area contributed by atoms with Crippen molar-refractivity contribution in [3.63, 3.8) is 0 Å². The number of nitrogens with zero attached hydrogens (tertiary/aromatic N) is 1. The summed E-state index contributed by atoms with van der Waals surface area (Å²) in [6.45, 7) is 3.61. The molecule has 0 bridgehead atoms. The van der Waals surface area contributed by atoms with E-state index in [1.165, 1.54) is 31.4 Å². The number of primary sulfonamides is 1. The zero-order valence-electron chi connectivity index (χ0n) is 13.0. The van der Waals surface area contributed by atoms with Crippen molar-refractivity contribution in [3.05, 3.63) is 24.3 Å². The van der Waals surface area contributed by atoms with Gasteiger partial charge in [-0.3, -0.25) is 4.90 Å². The molecule has 1 heterocycles. The van der Waals surface area contributed by atoms with Crippen molar-refractivity contribution < 1.29 is 13.2 Å². The highest BCUT2D eigenvalue weighted by Crippen LogP contribution is 2.15. The van der Waals surface area contributed by atoms with Crippen LogP contribution in [0.5, 0.6) is 5.75 Å². The Balaban J connectivity index is 1.78. The lowest BCUT2D eigenvalue weighted by Gasteiger charge is -2.26. The molecule has 3 N–H and O–H groups in total. The van der Waals surface area contributed by atoms with E-state index in [0.29, 0.717) is 18.4 Å². The molecule has 0 spiro atoms. The zero-order valence-corrected chi connectivity index (χ0v) is 13.8. The summed E-state index contributed by atoms with van der Waals surface area (Å²) in [5, 5.41) is 8.48. The van der Waals surface area contributed by atoms with E-state index >= 15 is 0 Å². The van der Waals surface area contributed by atoms with Crippen molar-refractivity contribution in [1.82, 2.24) is 10.2 Å². The molecule has 1 atom stereocenters. The van der Waals surface area contributed by atoms with Crippen LogP contribution in [0.25, 0.3) is 0 Å². The molecule has 22 heavy (non-hydrogen) atoms. The van der Waals surface area contributed by atoms with Gasteiger partial charge in [0.25, 0.3) is 0 Å². The minimum absolute atomic E-state index is 0.0999. The predicted molar refractivity (Wildman–Crippen MR) is 86.4 cm³/mol. The molecule has 0 amide bonds. The Morgan fingerprint density at radius 1 is 1.27 bits per heavy atom. The normalized spacial score (nSPS) is 19.9. The average molecular weight is 327 g/mol.